The normalized spacial score (nSPS) is 17.8. The van der Waals surface area contributed by atoms with Gasteiger partial charge in [-0.25, -0.2) is 8.42 Å². The summed E-state index contributed by atoms with van der Waals surface area (Å²) in [7, 11) is -0.663. The first-order chi connectivity index (χ1) is 13.8. The minimum Gasteiger partial charge on any atom is -0.497 e. The van der Waals surface area contributed by atoms with Crippen LogP contribution < -0.4 is 14.2 Å². The maximum Gasteiger partial charge on any atom is 0.241 e. The Morgan fingerprint density at radius 2 is 1.59 bits per heavy atom. The van der Waals surface area contributed by atoms with E-state index in [1.165, 1.54) is 19.2 Å². The molecule has 7 nitrogen and oxygen atoms in total. The van der Waals surface area contributed by atoms with Gasteiger partial charge < -0.3 is 14.4 Å². The Morgan fingerprint density at radius 1 is 1.03 bits per heavy atom. The Kier molecular flexibility index (Phi) is 6.44. The van der Waals surface area contributed by atoms with Crippen molar-refractivity contribution in [3.8, 4) is 11.5 Å². The largest absolute Gasteiger partial charge is 0.497 e. The van der Waals surface area contributed by atoms with Crippen molar-refractivity contribution in [2.45, 2.75) is 30.2 Å². The van der Waals surface area contributed by atoms with E-state index < -0.39 is 16.1 Å². The lowest BCUT2D eigenvalue weighted by Gasteiger charge is -2.22. The fourth-order valence-corrected chi connectivity index (χ4v) is 4.69. The van der Waals surface area contributed by atoms with Crippen LogP contribution in [0.15, 0.2) is 53.4 Å². The molecule has 3 rings (SSSR count). The summed E-state index contributed by atoms with van der Waals surface area (Å²) in [5.74, 6) is 1.37. The summed E-state index contributed by atoms with van der Waals surface area (Å²) in [6.07, 6.45) is 0.843. The van der Waals surface area contributed by atoms with Gasteiger partial charge in [-0.15, -0.1) is 0 Å². The predicted molar refractivity (Wildman–Crippen MR) is 110 cm³/mol. The number of nitrogens with zero attached hydrogens (tertiary/aromatic N) is 1. The van der Waals surface area contributed by atoms with Crippen LogP contribution in [0.4, 0.5) is 0 Å². The second-order valence-electron chi connectivity index (χ2n) is 7.06. The molecule has 2 aromatic rings. The molecular weight excluding hydrogens is 392 g/mol. The molecule has 1 unspecified atom stereocenters. The van der Waals surface area contributed by atoms with Gasteiger partial charge in [0.15, 0.2) is 0 Å². The summed E-state index contributed by atoms with van der Waals surface area (Å²) >= 11 is 0. The van der Waals surface area contributed by atoms with E-state index in [1.54, 1.807) is 31.1 Å². The van der Waals surface area contributed by atoms with Crippen LogP contribution in [0.3, 0.4) is 0 Å². The van der Waals surface area contributed by atoms with Crippen molar-refractivity contribution in [2.24, 2.45) is 0 Å². The Bertz CT molecular complexity index is 942. The number of hydrogen-bond acceptors (Lipinski definition) is 5. The van der Waals surface area contributed by atoms with Crippen LogP contribution in [0.2, 0.25) is 0 Å². The zero-order valence-electron chi connectivity index (χ0n) is 16.8. The van der Waals surface area contributed by atoms with Crippen LogP contribution in [-0.2, 0) is 14.8 Å². The summed E-state index contributed by atoms with van der Waals surface area (Å²) in [4.78, 5) is 14.6. The van der Waals surface area contributed by atoms with Crippen LogP contribution in [0.1, 0.15) is 24.8 Å². The average Bonchev–Trinajstić information content (AvgIpc) is 3.23. The second kappa shape index (κ2) is 8.84. The van der Waals surface area contributed by atoms with Gasteiger partial charge >= 0.3 is 0 Å². The Hall–Kier alpha value is -2.58. The fourth-order valence-electron chi connectivity index (χ4n) is 3.49. The van der Waals surface area contributed by atoms with Crippen molar-refractivity contribution >= 4 is 15.9 Å². The molecule has 1 N–H and O–H groups in total. The van der Waals surface area contributed by atoms with Gasteiger partial charge in [-0.1, -0.05) is 12.1 Å². The first-order valence-electron chi connectivity index (χ1n) is 9.43. The highest BCUT2D eigenvalue weighted by atomic mass is 32.2. The van der Waals surface area contributed by atoms with E-state index in [0.29, 0.717) is 18.8 Å². The Morgan fingerprint density at radius 3 is 2.14 bits per heavy atom. The van der Waals surface area contributed by atoms with Crippen molar-refractivity contribution in [3.63, 3.8) is 0 Å². The van der Waals surface area contributed by atoms with Crippen LogP contribution in [0, 0.1) is 0 Å². The number of carbonyl (C=O) groups is 1. The van der Waals surface area contributed by atoms with Crippen LogP contribution >= 0.6 is 0 Å². The van der Waals surface area contributed by atoms with Gasteiger partial charge in [0.1, 0.15) is 11.5 Å². The quantitative estimate of drug-likeness (QED) is 0.746. The number of amides is 1. The van der Waals surface area contributed by atoms with Gasteiger partial charge in [-0.05, 0) is 55.3 Å². The lowest BCUT2D eigenvalue weighted by atomic mass is 9.98. The van der Waals surface area contributed by atoms with Crippen LogP contribution in [0.25, 0.3) is 0 Å². The van der Waals surface area contributed by atoms with Crippen molar-refractivity contribution in [1.29, 1.82) is 0 Å². The topological polar surface area (TPSA) is 84.9 Å². The highest BCUT2D eigenvalue weighted by Crippen LogP contribution is 2.29. The molecule has 29 heavy (non-hydrogen) atoms. The van der Waals surface area contributed by atoms with Crippen molar-refractivity contribution in [2.75, 3.05) is 27.3 Å². The second-order valence-corrected chi connectivity index (χ2v) is 8.78. The molecule has 1 fully saturated rings. The molecule has 8 heteroatoms. The molecule has 0 aliphatic carbocycles. The molecule has 0 radical (unpaired) electrons. The summed E-state index contributed by atoms with van der Waals surface area (Å²) in [6.45, 7) is 2.74. The molecule has 0 spiro atoms. The summed E-state index contributed by atoms with van der Waals surface area (Å²) in [5.41, 5.74) is 1.15. The van der Waals surface area contributed by atoms with Crippen LogP contribution in [-0.4, -0.2) is 52.6 Å². The zero-order chi connectivity index (χ0) is 21.0. The van der Waals surface area contributed by atoms with E-state index in [1.807, 2.05) is 24.3 Å². The van der Waals surface area contributed by atoms with Crippen molar-refractivity contribution < 1.29 is 22.7 Å². The average molecular weight is 419 g/mol. The lowest BCUT2D eigenvalue weighted by Crippen LogP contribution is -2.46. The third-order valence-corrected chi connectivity index (χ3v) is 6.72. The van der Waals surface area contributed by atoms with Gasteiger partial charge in [0.2, 0.25) is 15.9 Å². The molecule has 2 atom stereocenters. The summed E-state index contributed by atoms with van der Waals surface area (Å²) in [5, 5.41) is 0. The van der Waals surface area contributed by atoms with E-state index in [0.717, 1.165) is 17.7 Å². The monoisotopic (exact) mass is 418 g/mol. The number of methoxy groups -OCH3 is 2. The third-order valence-electron chi connectivity index (χ3n) is 5.16. The molecule has 0 aromatic heterocycles. The number of benzene rings is 2. The molecule has 1 saturated heterocycles. The van der Waals surface area contributed by atoms with Gasteiger partial charge in [0.25, 0.3) is 0 Å². The SMILES string of the molecule is COc1ccc(C2CCN(C(=O)[C@H](C)NS(=O)(=O)c3ccc(OC)cc3)C2)cc1. The molecule has 0 saturated carbocycles. The Labute approximate surface area is 171 Å². The standard InChI is InChI=1S/C21H26N2O5S/c1-15(22-29(25,26)20-10-8-19(28-3)9-11-20)21(24)23-13-12-17(14-23)16-4-6-18(27-2)7-5-16/h4-11,15,17,22H,12-14H2,1-3H3/t15-,17?/m0/s1. The molecule has 156 valence electrons. The first kappa shape index (κ1) is 21.1. The molecule has 2 aromatic carbocycles. The highest BCUT2D eigenvalue weighted by Gasteiger charge is 2.31. The molecule has 1 amide bonds. The summed E-state index contributed by atoms with van der Waals surface area (Å²) in [6, 6.07) is 13.0. The van der Waals surface area contributed by atoms with Gasteiger partial charge in [-0.3, -0.25) is 4.79 Å². The maximum absolute atomic E-state index is 12.8. The minimum absolute atomic E-state index is 0.0930. The van der Waals surface area contributed by atoms with Gasteiger partial charge in [-0.2, -0.15) is 4.72 Å². The molecule has 1 heterocycles. The van der Waals surface area contributed by atoms with E-state index >= 15 is 0 Å². The predicted octanol–water partition coefficient (Wildman–Crippen LogP) is 2.39. The number of nitrogens with one attached hydrogen (secondary N) is 1. The van der Waals surface area contributed by atoms with E-state index in [2.05, 4.69) is 4.72 Å². The molecule has 0 bridgehead atoms. The number of carbonyl (C=O) groups excluding carboxylic acids is 1. The number of rotatable bonds is 7. The fraction of sp³-hybridized carbons (Fsp3) is 0.381. The number of ether oxygens (including phenoxy) is 2. The number of likely N-dealkylation sites (tertiary alicyclic amines) is 1. The molecule has 1 aliphatic rings. The minimum atomic E-state index is -3.80. The smallest absolute Gasteiger partial charge is 0.241 e. The molecular formula is C21H26N2O5S. The van der Waals surface area contributed by atoms with Gasteiger partial charge in [0.05, 0.1) is 25.2 Å². The van der Waals surface area contributed by atoms with E-state index in [9.17, 15) is 13.2 Å². The lowest BCUT2D eigenvalue weighted by molar-refractivity contribution is -0.131. The first-order valence-corrected chi connectivity index (χ1v) is 10.9. The van der Waals surface area contributed by atoms with E-state index in [-0.39, 0.29) is 16.7 Å². The van der Waals surface area contributed by atoms with Crippen molar-refractivity contribution in [1.82, 2.24) is 9.62 Å². The van der Waals surface area contributed by atoms with E-state index in [4.69, 9.17) is 9.47 Å². The van der Waals surface area contributed by atoms with Crippen LogP contribution in [0.5, 0.6) is 11.5 Å². The highest BCUT2D eigenvalue weighted by molar-refractivity contribution is 7.89. The summed E-state index contributed by atoms with van der Waals surface area (Å²) < 4.78 is 37.9. The maximum atomic E-state index is 12.8. The third kappa shape index (κ3) is 4.89. The number of sulfonamides is 1. The molecule has 1 aliphatic heterocycles. The Balaban J connectivity index is 1.62. The van der Waals surface area contributed by atoms with Gasteiger partial charge in [0, 0.05) is 19.0 Å². The number of hydrogen-bond donors (Lipinski definition) is 1. The zero-order valence-corrected chi connectivity index (χ0v) is 17.6. The van der Waals surface area contributed by atoms with Crippen molar-refractivity contribution in [3.05, 3.63) is 54.1 Å².